The Labute approximate surface area is 128 Å². The molecule has 1 aliphatic rings. The third-order valence-electron chi connectivity index (χ3n) is 4.35. The second-order valence-corrected chi connectivity index (χ2v) is 7.39. The van der Waals surface area contributed by atoms with Crippen molar-refractivity contribution in [3.05, 3.63) is 42.6 Å². The molecule has 0 saturated heterocycles. The molecule has 1 saturated carbocycles. The van der Waals surface area contributed by atoms with Crippen LogP contribution in [-0.4, -0.2) is 11.0 Å². The average molecular weight is 289 g/mol. The smallest absolute Gasteiger partial charge is 0.0381 e. The van der Waals surface area contributed by atoms with Crippen LogP contribution in [0.4, 0.5) is 5.69 Å². The summed E-state index contributed by atoms with van der Waals surface area (Å²) in [4.78, 5) is 0. The standard InChI is InChI=1S/C18H27NS/c1-5-6-12-20-15(4)18-13(2)17(18)14(3)19-16-10-8-7-9-11-16/h7-11,13,15,17-19H,3,5-6,12H2,1-2,4H3. The van der Waals surface area contributed by atoms with Gasteiger partial charge in [-0.1, -0.05) is 52.0 Å². The second kappa shape index (κ2) is 7.21. The lowest BCUT2D eigenvalue weighted by Gasteiger charge is -2.13. The van der Waals surface area contributed by atoms with Crippen molar-refractivity contribution in [3.8, 4) is 0 Å². The van der Waals surface area contributed by atoms with Gasteiger partial charge in [-0.05, 0) is 36.1 Å². The summed E-state index contributed by atoms with van der Waals surface area (Å²) >= 11 is 2.13. The first-order valence-electron chi connectivity index (χ1n) is 7.77. The minimum Gasteiger partial charge on any atom is -0.359 e. The molecule has 1 nitrogen and oxygen atoms in total. The predicted octanol–water partition coefficient (Wildman–Crippen LogP) is 5.42. The summed E-state index contributed by atoms with van der Waals surface area (Å²) in [5, 5.41) is 4.23. The molecule has 2 heteroatoms. The Morgan fingerprint density at radius 1 is 1.35 bits per heavy atom. The summed E-state index contributed by atoms with van der Waals surface area (Å²) in [7, 11) is 0. The van der Waals surface area contributed by atoms with E-state index in [-0.39, 0.29) is 0 Å². The fourth-order valence-corrected chi connectivity index (χ4v) is 4.54. The second-order valence-electron chi connectivity index (χ2n) is 5.91. The summed E-state index contributed by atoms with van der Waals surface area (Å²) in [5.41, 5.74) is 2.35. The largest absolute Gasteiger partial charge is 0.359 e. The number of hydrogen-bond acceptors (Lipinski definition) is 2. The normalized spacial score (nSPS) is 26.1. The Balaban J connectivity index is 1.83. The van der Waals surface area contributed by atoms with Gasteiger partial charge >= 0.3 is 0 Å². The summed E-state index contributed by atoms with van der Waals surface area (Å²) in [6.45, 7) is 11.3. The van der Waals surface area contributed by atoms with Crippen molar-refractivity contribution in [2.75, 3.05) is 11.1 Å². The molecule has 0 aliphatic heterocycles. The molecule has 2 rings (SSSR count). The van der Waals surface area contributed by atoms with E-state index in [0.29, 0.717) is 5.92 Å². The fourth-order valence-electron chi connectivity index (χ4n) is 3.08. The van der Waals surface area contributed by atoms with E-state index in [1.165, 1.54) is 24.3 Å². The van der Waals surface area contributed by atoms with Crippen molar-refractivity contribution in [1.82, 2.24) is 0 Å². The molecule has 4 unspecified atom stereocenters. The van der Waals surface area contributed by atoms with Crippen LogP contribution in [-0.2, 0) is 0 Å². The first-order chi connectivity index (χ1) is 9.65. The van der Waals surface area contributed by atoms with Crippen molar-refractivity contribution in [1.29, 1.82) is 0 Å². The fraction of sp³-hybridized carbons (Fsp3) is 0.556. The SMILES string of the molecule is C=C(Nc1ccccc1)C1C(C)C1C(C)SCCCC. The molecule has 1 aromatic rings. The topological polar surface area (TPSA) is 12.0 Å². The third-order valence-corrected chi connectivity index (χ3v) is 5.71. The average Bonchev–Trinajstić information content (AvgIpc) is 3.12. The highest BCUT2D eigenvalue weighted by Gasteiger charge is 2.51. The number of nitrogens with one attached hydrogen (secondary N) is 1. The van der Waals surface area contributed by atoms with E-state index in [4.69, 9.17) is 0 Å². The van der Waals surface area contributed by atoms with Gasteiger partial charge in [-0.15, -0.1) is 0 Å². The van der Waals surface area contributed by atoms with Crippen LogP contribution >= 0.6 is 11.8 Å². The first kappa shape index (κ1) is 15.5. The molecule has 0 aromatic heterocycles. The van der Waals surface area contributed by atoms with Crippen LogP contribution in [0.5, 0.6) is 0 Å². The van der Waals surface area contributed by atoms with Gasteiger partial charge in [-0.3, -0.25) is 0 Å². The zero-order valence-corrected chi connectivity index (χ0v) is 13.7. The van der Waals surface area contributed by atoms with Gasteiger partial charge in [-0.25, -0.2) is 0 Å². The Bertz CT molecular complexity index is 428. The van der Waals surface area contributed by atoms with Crippen LogP contribution < -0.4 is 5.32 Å². The van der Waals surface area contributed by atoms with Crippen molar-refractivity contribution < 1.29 is 0 Å². The number of para-hydroxylation sites is 1. The number of thioether (sulfide) groups is 1. The van der Waals surface area contributed by atoms with Crippen LogP contribution in [0.2, 0.25) is 0 Å². The van der Waals surface area contributed by atoms with Crippen LogP contribution in [0.3, 0.4) is 0 Å². The zero-order valence-electron chi connectivity index (χ0n) is 12.9. The summed E-state index contributed by atoms with van der Waals surface area (Å²) < 4.78 is 0. The Morgan fingerprint density at radius 2 is 2.05 bits per heavy atom. The molecular weight excluding hydrogens is 262 g/mol. The minimum atomic E-state index is 0.638. The van der Waals surface area contributed by atoms with Gasteiger partial charge in [0.15, 0.2) is 0 Å². The van der Waals surface area contributed by atoms with E-state index in [2.05, 4.69) is 68.7 Å². The van der Waals surface area contributed by atoms with E-state index in [1.54, 1.807) is 0 Å². The van der Waals surface area contributed by atoms with E-state index >= 15 is 0 Å². The molecule has 20 heavy (non-hydrogen) atoms. The van der Waals surface area contributed by atoms with E-state index in [9.17, 15) is 0 Å². The molecule has 1 aromatic carbocycles. The highest BCUT2D eigenvalue weighted by Crippen LogP contribution is 2.54. The molecule has 1 fully saturated rings. The van der Waals surface area contributed by atoms with Crippen LogP contribution in [0.25, 0.3) is 0 Å². The van der Waals surface area contributed by atoms with Gasteiger partial charge in [0, 0.05) is 22.6 Å². The first-order valence-corrected chi connectivity index (χ1v) is 8.82. The number of benzene rings is 1. The Morgan fingerprint density at radius 3 is 2.70 bits per heavy atom. The lowest BCUT2D eigenvalue weighted by molar-refractivity contribution is 0.727. The maximum atomic E-state index is 4.27. The molecule has 0 spiro atoms. The monoisotopic (exact) mass is 289 g/mol. The van der Waals surface area contributed by atoms with Crippen molar-refractivity contribution in [2.45, 2.75) is 38.9 Å². The number of anilines is 1. The lowest BCUT2D eigenvalue weighted by atomic mass is 10.2. The van der Waals surface area contributed by atoms with E-state index < -0.39 is 0 Å². The molecule has 1 N–H and O–H groups in total. The number of hydrogen-bond donors (Lipinski definition) is 1. The summed E-state index contributed by atoms with van der Waals surface area (Å²) in [6, 6.07) is 10.4. The maximum absolute atomic E-state index is 4.27. The summed E-state index contributed by atoms with van der Waals surface area (Å²) in [6.07, 6.45) is 2.63. The van der Waals surface area contributed by atoms with Crippen LogP contribution in [0.1, 0.15) is 33.6 Å². The van der Waals surface area contributed by atoms with Crippen molar-refractivity contribution in [2.24, 2.45) is 17.8 Å². The number of rotatable bonds is 8. The Kier molecular flexibility index (Phi) is 5.59. The minimum absolute atomic E-state index is 0.638. The van der Waals surface area contributed by atoms with E-state index in [1.807, 2.05) is 6.07 Å². The van der Waals surface area contributed by atoms with Crippen molar-refractivity contribution >= 4 is 17.4 Å². The molecule has 0 heterocycles. The van der Waals surface area contributed by atoms with Gasteiger partial charge in [-0.2, -0.15) is 11.8 Å². The van der Waals surface area contributed by atoms with Gasteiger partial charge in [0.2, 0.25) is 0 Å². The maximum Gasteiger partial charge on any atom is 0.0381 e. The summed E-state index contributed by atoms with van der Waals surface area (Å²) in [5.74, 6) is 3.49. The van der Waals surface area contributed by atoms with Crippen LogP contribution in [0.15, 0.2) is 42.6 Å². The quantitative estimate of drug-likeness (QED) is 0.642. The molecule has 110 valence electrons. The zero-order chi connectivity index (χ0) is 14.5. The van der Waals surface area contributed by atoms with Gasteiger partial charge < -0.3 is 5.32 Å². The van der Waals surface area contributed by atoms with Gasteiger partial charge in [0.05, 0.1) is 0 Å². The lowest BCUT2D eigenvalue weighted by Crippen LogP contribution is -2.07. The third kappa shape index (κ3) is 3.82. The Hall–Kier alpha value is -0.890. The van der Waals surface area contributed by atoms with E-state index in [0.717, 1.165) is 22.8 Å². The molecule has 4 atom stereocenters. The highest BCUT2D eigenvalue weighted by molar-refractivity contribution is 7.99. The van der Waals surface area contributed by atoms with Gasteiger partial charge in [0.25, 0.3) is 0 Å². The van der Waals surface area contributed by atoms with Crippen LogP contribution in [0, 0.1) is 17.8 Å². The number of unbranched alkanes of at least 4 members (excludes halogenated alkanes) is 1. The van der Waals surface area contributed by atoms with Gasteiger partial charge in [0.1, 0.15) is 0 Å². The van der Waals surface area contributed by atoms with Crippen molar-refractivity contribution in [3.63, 3.8) is 0 Å². The molecule has 1 aliphatic carbocycles. The highest BCUT2D eigenvalue weighted by atomic mass is 32.2. The predicted molar refractivity (Wildman–Crippen MR) is 92.2 cm³/mol. The number of allylic oxidation sites excluding steroid dienone is 1. The molecule has 0 bridgehead atoms. The molecular formula is C18H27NS. The molecule has 0 radical (unpaired) electrons. The molecule has 0 amide bonds.